The Morgan fingerprint density at radius 2 is 1.73 bits per heavy atom. The lowest BCUT2D eigenvalue weighted by Crippen LogP contribution is -2.55. The molecule has 0 saturated carbocycles. The maximum absolute atomic E-state index is 13.3. The van der Waals surface area contributed by atoms with E-state index in [2.05, 4.69) is 20.3 Å². The van der Waals surface area contributed by atoms with Gasteiger partial charge in [0.15, 0.2) is 16.9 Å². The number of carbonyl (C=O) groups is 1. The van der Waals surface area contributed by atoms with Gasteiger partial charge in [-0.15, -0.1) is 0 Å². The van der Waals surface area contributed by atoms with Crippen LogP contribution in [0.1, 0.15) is 37.0 Å². The molecule has 0 unspecified atom stereocenters. The lowest BCUT2D eigenvalue weighted by molar-refractivity contribution is -0.143. The Morgan fingerprint density at radius 1 is 1.09 bits per heavy atom. The van der Waals surface area contributed by atoms with Crippen LogP contribution < -0.4 is 15.6 Å². The zero-order valence-corrected chi connectivity index (χ0v) is 25.2. The van der Waals surface area contributed by atoms with Crippen LogP contribution in [0.4, 0.5) is 5.95 Å². The molecule has 3 aromatic carbocycles. The van der Waals surface area contributed by atoms with E-state index in [1.807, 2.05) is 84.9 Å². The quantitative estimate of drug-likeness (QED) is 0.185. The number of carbonyl (C=O) groups excluding carboxylic acids is 1. The zero-order valence-electron chi connectivity index (χ0n) is 25.2. The SMILES string of the molecule is COc1cccc(C(c2ccccc2)(c2ccccc2)[C@]2(n3cnc4c(=O)[nH]c(NC(=O)C(C)C)nc43)C[C@H](O)[C@@H](CO)O2)c1. The highest BCUT2D eigenvalue weighted by atomic mass is 16.6. The van der Waals surface area contributed by atoms with Crippen molar-refractivity contribution in [3.63, 3.8) is 0 Å². The van der Waals surface area contributed by atoms with Crippen LogP contribution in [-0.2, 0) is 20.7 Å². The molecule has 4 N–H and O–H groups in total. The number of nitrogens with zero attached hydrogens (tertiary/aromatic N) is 3. The number of fused-ring (bicyclic) bond motifs is 1. The molecule has 11 nitrogen and oxygen atoms in total. The number of ether oxygens (including phenoxy) is 2. The number of aromatic nitrogens is 4. The number of aliphatic hydroxyl groups is 2. The van der Waals surface area contributed by atoms with Gasteiger partial charge in [-0.1, -0.05) is 86.6 Å². The van der Waals surface area contributed by atoms with Crippen LogP contribution >= 0.6 is 0 Å². The Bertz CT molecular complexity index is 1830. The number of benzene rings is 3. The van der Waals surface area contributed by atoms with Gasteiger partial charge in [-0.05, 0) is 28.8 Å². The molecular formula is C34H35N5O6. The molecule has 1 aliphatic rings. The summed E-state index contributed by atoms with van der Waals surface area (Å²) in [5.74, 6) is -0.144. The Hall–Kier alpha value is -4.84. The predicted molar refractivity (Wildman–Crippen MR) is 168 cm³/mol. The average molecular weight is 610 g/mol. The number of amides is 1. The Kier molecular flexibility index (Phi) is 8.00. The van der Waals surface area contributed by atoms with Gasteiger partial charge in [0.05, 0.1) is 31.6 Å². The van der Waals surface area contributed by atoms with E-state index >= 15 is 0 Å². The summed E-state index contributed by atoms with van der Waals surface area (Å²) in [5.41, 5.74) is -0.865. The number of aromatic amines is 1. The maximum atomic E-state index is 13.3. The summed E-state index contributed by atoms with van der Waals surface area (Å²) in [4.78, 5) is 37.7. The van der Waals surface area contributed by atoms with Crippen molar-refractivity contribution < 1.29 is 24.5 Å². The smallest absolute Gasteiger partial charge is 0.280 e. The first kappa shape index (κ1) is 30.2. The van der Waals surface area contributed by atoms with E-state index in [9.17, 15) is 19.8 Å². The van der Waals surface area contributed by atoms with Crippen molar-refractivity contribution in [3.8, 4) is 5.75 Å². The van der Waals surface area contributed by atoms with E-state index in [1.165, 1.54) is 6.33 Å². The largest absolute Gasteiger partial charge is 0.497 e. The molecule has 11 heteroatoms. The second kappa shape index (κ2) is 11.9. The van der Waals surface area contributed by atoms with Crippen molar-refractivity contribution in [1.82, 2.24) is 19.5 Å². The number of nitrogens with one attached hydrogen (secondary N) is 2. The highest BCUT2D eigenvalue weighted by Crippen LogP contribution is 2.57. The molecule has 1 saturated heterocycles. The first-order chi connectivity index (χ1) is 21.7. The van der Waals surface area contributed by atoms with Gasteiger partial charge in [0.25, 0.3) is 5.56 Å². The van der Waals surface area contributed by atoms with Gasteiger partial charge >= 0.3 is 0 Å². The second-order valence-electron chi connectivity index (χ2n) is 11.5. The molecule has 232 valence electrons. The Labute approximate surface area is 259 Å². The minimum absolute atomic E-state index is 0.0168. The molecule has 1 amide bonds. The third kappa shape index (κ3) is 4.89. The molecule has 0 spiro atoms. The summed E-state index contributed by atoms with van der Waals surface area (Å²) >= 11 is 0. The van der Waals surface area contributed by atoms with Gasteiger partial charge in [-0.2, -0.15) is 4.98 Å². The van der Waals surface area contributed by atoms with Crippen molar-refractivity contribution in [2.75, 3.05) is 19.0 Å². The van der Waals surface area contributed by atoms with E-state index < -0.39 is 35.5 Å². The van der Waals surface area contributed by atoms with Crippen LogP contribution in [0.3, 0.4) is 0 Å². The van der Waals surface area contributed by atoms with Crippen molar-refractivity contribution >= 4 is 23.0 Å². The summed E-state index contributed by atoms with van der Waals surface area (Å²) in [6.07, 6.45) is -0.643. The number of methoxy groups -OCH3 is 1. The predicted octanol–water partition coefficient (Wildman–Crippen LogP) is 3.55. The summed E-state index contributed by atoms with van der Waals surface area (Å²) < 4.78 is 14.2. The summed E-state index contributed by atoms with van der Waals surface area (Å²) in [7, 11) is 1.59. The summed E-state index contributed by atoms with van der Waals surface area (Å²) in [6, 6.07) is 27.0. The Balaban J connectivity index is 1.77. The minimum atomic E-state index is -1.57. The van der Waals surface area contributed by atoms with Crippen LogP contribution in [0.25, 0.3) is 11.2 Å². The zero-order chi connectivity index (χ0) is 31.8. The fourth-order valence-electron chi connectivity index (χ4n) is 6.43. The summed E-state index contributed by atoms with van der Waals surface area (Å²) in [6.45, 7) is 3.00. The highest BCUT2D eigenvalue weighted by Gasteiger charge is 2.63. The van der Waals surface area contributed by atoms with E-state index in [-0.39, 0.29) is 35.4 Å². The topological polar surface area (TPSA) is 152 Å². The number of hydrogen-bond donors (Lipinski definition) is 4. The van der Waals surface area contributed by atoms with Gasteiger partial charge in [-0.25, -0.2) is 4.98 Å². The maximum Gasteiger partial charge on any atom is 0.280 e. The number of hydrogen-bond acceptors (Lipinski definition) is 8. The molecule has 6 rings (SSSR count). The molecule has 3 atom stereocenters. The van der Waals surface area contributed by atoms with E-state index in [1.54, 1.807) is 25.5 Å². The third-order valence-electron chi connectivity index (χ3n) is 8.51. The molecule has 0 bridgehead atoms. The van der Waals surface area contributed by atoms with Gasteiger partial charge in [0.1, 0.15) is 11.9 Å². The van der Waals surface area contributed by atoms with Gasteiger partial charge in [-0.3, -0.25) is 24.5 Å². The number of aliphatic hydroxyl groups excluding tert-OH is 2. The normalized spacial score (nSPS) is 20.0. The van der Waals surface area contributed by atoms with E-state index in [4.69, 9.17) is 9.47 Å². The summed E-state index contributed by atoms with van der Waals surface area (Å²) in [5, 5.41) is 24.6. The second-order valence-corrected chi connectivity index (χ2v) is 11.5. The van der Waals surface area contributed by atoms with Crippen molar-refractivity contribution in [1.29, 1.82) is 0 Å². The molecule has 1 fully saturated rings. The molecule has 2 aromatic heterocycles. The van der Waals surface area contributed by atoms with E-state index in [0.29, 0.717) is 5.75 Å². The molecule has 3 heterocycles. The van der Waals surface area contributed by atoms with Crippen molar-refractivity contribution in [2.45, 2.75) is 43.6 Å². The van der Waals surface area contributed by atoms with Gasteiger partial charge in [0.2, 0.25) is 11.9 Å². The first-order valence-electron chi connectivity index (χ1n) is 14.8. The minimum Gasteiger partial charge on any atom is -0.497 e. The molecular weight excluding hydrogens is 574 g/mol. The Morgan fingerprint density at radius 3 is 2.31 bits per heavy atom. The van der Waals surface area contributed by atoms with Crippen LogP contribution in [0.15, 0.2) is 96.1 Å². The number of imidazole rings is 1. The highest BCUT2D eigenvalue weighted by molar-refractivity contribution is 5.91. The third-order valence-corrected chi connectivity index (χ3v) is 8.51. The number of H-pyrrole nitrogens is 1. The van der Waals surface area contributed by atoms with Crippen molar-refractivity contribution in [2.24, 2.45) is 5.92 Å². The fraction of sp³-hybridized carbons (Fsp3) is 0.294. The average Bonchev–Trinajstić information content (AvgIpc) is 3.64. The molecule has 1 aliphatic heterocycles. The fourth-order valence-corrected chi connectivity index (χ4v) is 6.43. The number of anilines is 1. The lowest BCUT2D eigenvalue weighted by Gasteiger charge is -2.50. The van der Waals surface area contributed by atoms with E-state index in [0.717, 1.165) is 16.7 Å². The van der Waals surface area contributed by atoms with Crippen LogP contribution in [0.2, 0.25) is 0 Å². The van der Waals surface area contributed by atoms with Gasteiger partial charge < -0.3 is 19.7 Å². The number of rotatable bonds is 9. The lowest BCUT2D eigenvalue weighted by atomic mass is 9.61. The molecule has 0 radical (unpaired) electrons. The standard InChI is InChI=1S/C34H35N5O6/c1-21(2)30(42)37-32-36-29-28(31(43)38-32)35-20-39(29)33(18-26(41)27(19-40)45-33)34(22-11-6-4-7-12-22,23-13-8-5-9-14-23)24-15-10-16-25(17-24)44-3/h4-17,20-21,26-27,40-41H,18-19H2,1-3H3,(H2,36,37,38,42,43)/t26-,27+,33-/m0/s1. The van der Waals surface area contributed by atoms with Gasteiger partial charge in [0, 0.05) is 12.3 Å². The van der Waals surface area contributed by atoms with Crippen LogP contribution in [0, 0.1) is 5.92 Å². The monoisotopic (exact) mass is 609 g/mol. The molecule has 0 aliphatic carbocycles. The van der Waals surface area contributed by atoms with Crippen LogP contribution in [-0.4, -0.2) is 61.6 Å². The first-order valence-corrected chi connectivity index (χ1v) is 14.8. The molecule has 5 aromatic rings. The van der Waals surface area contributed by atoms with Crippen molar-refractivity contribution in [3.05, 3.63) is 118 Å². The van der Waals surface area contributed by atoms with Crippen LogP contribution in [0.5, 0.6) is 5.75 Å². The molecule has 45 heavy (non-hydrogen) atoms.